The predicted octanol–water partition coefficient (Wildman–Crippen LogP) is 3.40. The first-order valence-corrected chi connectivity index (χ1v) is 12.2. The van der Waals surface area contributed by atoms with Crippen molar-refractivity contribution in [3.05, 3.63) is 59.7 Å². The summed E-state index contributed by atoms with van der Waals surface area (Å²) in [7, 11) is 0. The number of carbonyl (C=O) groups excluding carboxylic acids is 2. The summed E-state index contributed by atoms with van der Waals surface area (Å²) in [6, 6.07) is 15.5. The number of hydrogen-bond acceptors (Lipinski definition) is 5. The summed E-state index contributed by atoms with van der Waals surface area (Å²) in [4.78, 5) is 39.4. The maximum absolute atomic E-state index is 13.5. The second kappa shape index (κ2) is 9.70. The number of nitrogens with one attached hydrogen (secondary N) is 1. The van der Waals surface area contributed by atoms with Crippen LogP contribution in [0.4, 0.5) is 4.79 Å². The third-order valence-electron chi connectivity index (χ3n) is 7.62. The van der Waals surface area contributed by atoms with E-state index in [2.05, 4.69) is 29.6 Å². The van der Waals surface area contributed by atoms with Crippen LogP contribution in [0.15, 0.2) is 48.5 Å². The van der Waals surface area contributed by atoms with Crippen molar-refractivity contribution in [2.45, 2.75) is 37.6 Å². The van der Waals surface area contributed by atoms with E-state index in [9.17, 15) is 19.5 Å². The number of nitrogens with zero attached hydrogens (tertiary/aromatic N) is 1. The molecule has 1 atom stereocenters. The second-order valence-electron chi connectivity index (χ2n) is 9.57. The zero-order valence-corrected chi connectivity index (χ0v) is 19.6. The number of fused-ring (bicyclic) bond motifs is 3. The highest BCUT2D eigenvalue weighted by Crippen LogP contribution is 2.44. The molecule has 3 aliphatic rings. The van der Waals surface area contributed by atoms with Gasteiger partial charge in [-0.05, 0) is 47.9 Å². The van der Waals surface area contributed by atoms with E-state index in [1.807, 2.05) is 24.3 Å². The van der Waals surface area contributed by atoms with Gasteiger partial charge in [0.25, 0.3) is 0 Å². The molecule has 2 fully saturated rings. The maximum Gasteiger partial charge on any atom is 0.407 e. The molecule has 2 heterocycles. The van der Waals surface area contributed by atoms with Gasteiger partial charge in [-0.15, -0.1) is 0 Å². The summed E-state index contributed by atoms with van der Waals surface area (Å²) in [5.74, 6) is -1.25. The molecule has 2 N–H and O–H groups in total. The van der Waals surface area contributed by atoms with Crippen LogP contribution in [0.3, 0.4) is 0 Å². The average Bonchev–Trinajstić information content (AvgIpc) is 3.50. The van der Waals surface area contributed by atoms with E-state index in [-0.39, 0.29) is 25.0 Å². The number of ether oxygens (including phenoxy) is 2. The molecule has 0 spiro atoms. The van der Waals surface area contributed by atoms with E-state index in [0.29, 0.717) is 45.4 Å². The van der Waals surface area contributed by atoms with Crippen molar-refractivity contribution >= 4 is 18.0 Å². The third-order valence-corrected chi connectivity index (χ3v) is 7.62. The van der Waals surface area contributed by atoms with Crippen LogP contribution in [0, 0.1) is 5.41 Å². The molecule has 184 valence electrons. The highest BCUT2D eigenvalue weighted by molar-refractivity contribution is 5.89. The Balaban J connectivity index is 1.25. The largest absolute Gasteiger partial charge is 0.480 e. The van der Waals surface area contributed by atoms with Gasteiger partial charge in [0.05, 0.1) is 5.41 Å². The fourth-order valence-electron chi connectivity index (χ4n) is 5.69. The van der Waals surface area contributed by atoms with E-state index in [1.54, 1.807) is 0 Å². The lowest BCUT2D eigenvalue weighted by molar-refractivity contribution is -0.156. The minimum absolute atomic E-state index is 0.0484. The van der Waals surface area contributed by atoms with Crippen LogP contribution in [0.5, 0.6) is 0 Å². The molecule has 0 saturated carbocycles. The van der Waals surface area contributed by atoms with Gasteiger partial charge >= 0.3 is 12.1 Å². The molecule has 2 aromatic carbocycles. The quantitative estimate of drug-likeness (QED) is 0.659. The summed E-state index contributed by atoms with van der Waals surface area (Å²) < 4.78 is 11.1. The summed E-state index contributed by atoms with van der Waals surface area (Å²) >= 11 is 0. The lowest BCUT2D eigenvalue weighted by atomic mass is 9.78. The molecule has 0 aromatic heterocycles. The minimum atomic E-state index is -0.984. The SMILES string of the molecule is O=C(NCC1(C(=O)N2CCC[C@@H]2C(=O)O)CCOCC1)OCC1c2ccccc2-c2ccccc21. The smallest absolute Gasteiger partial charge is 0.407 e. The van der Waals surface area contributed by atoms with Gasteiger partial charge in [0.1, 0.15) is 12.6 Å². The first-order valence-electron chi connectivity index (χ1n) is 12.2. The van der Waals surface area contributed by atoms with Gasteiger partial charge in [-0.3, -0.25) is 4.79 Å². The van der Waals surface area contributed by atoms with Crippen molar-refractivity contribution in [2.75, 3.05) is 32.9 Å². The Bertz CT molecular complexity index is 1080. The second-order valence-corrected chi connectivity index (χ2v) is 9.57. The molecule has 35 heavy (non-hydrogen) atoms. The molecule has 8 nitrogen and oxygen atoms in total. The molecule has 0 unspecified atom stereocenters. The van der Waals surface area contributed by atoms with Crippen LogP contribution in [0.25, 0.3) is 11.1 Å². The first-order chi connectivity index (χ1) is 17.0. The number of alkyl carbamates (subject to hydrolysis) is 1. The van der Waals surface area contributed by atoms with Gasteiger partial charge in [-0.25, -0.2) is 9.59 Å². The Hall–Kier alpha value is -3.39. The number of likely N-dealkylation sites (tertiary alicyclic amines) is 1. The van der Waals surface area contributed by atoms with E-state index >= 15 is 0 Å². The minimum Gasteiger partial charge on any atom is -0.480 e. The number of amides is 2. The molecular weight excluding hydrogens is 448 g/mol. The molecule has 0 radical (unpaired) electrons. The summed E-state index contributed by atoms with van der Waals surface area (Å²) in [6.45, 7) is 1.49. The predicted molar refractivity (Wildman–Crippen MR) is 128 cm³/mol. The highest BCUT2D eigenvalue weighted by Gasteiger charge is 2.47. The monoisotopic (exact) mass is 478 g/mol. The van der Waals surface area contributed by atoms with Crippen LogP contribution in [0.1, 0.15) is 42.7 Å². The average molecular weight is 479 g/mol. The lowest BCUT2D eigenvalue weighted by Crippen LogP contribution is -2.55. The Labute approximate surface area is 204 Å². The van der Waals surface area contributed by atoms with E-state index < -0.39 is 23.5 Å². The van der Waals surface area contributed by atoms with E-state index in [0.717, 1.165) is 22.3 Å². The van der Waals surface area contributed by atoms with Crippen molar-refractivity contribution in [3.63, 3.8) is 0 Å². The van der Waals surface area contributed by atoms with Crippen molar-refractivity contribution in [3.8, 4) is 11.1 Å². The molecule has 5 rings (SSSR count). The Morgan fingerprint density at radius 1 is 1.03 bits per heavy atom. The number of aliphatic carboxylic acids is 1. The molecule has 2 aromatic rings. The molecule has 1 aliphatic carbocycles. The Morgan fingerprint density at radius 2 is 1.66 bits per heavy atom. The topological polar surface area (TPSA) is 105 Å². The standard InChI is InChI=1S/C27H30N2O6/c30-24(31)23-10-5-13-29(23)25(32)27(11-14-34-15-12-27)17-28-26(33)35-16-22-20-8-3-1-6-18(20)19-7-2-4-9-21(19)22/h1-4,6-9,22-23H,5,10-17H2,(H,28,33)(H,30,31)/t23-/m1/s1. The number of benzene rings is 2. The Morgan fingerprint density at radius 3 is 2.29 bits per heavy atom. The zero-order valence-electron chi connectivity index (χ0n) is 19.6. The number of carbonyl (C=O) groups is 3. The van der Waals surface area contributed by atoms with Gasteiger partial charge in [-0.1, -0.05) is 48.5 Å². The zero-order chi connectivity index (χ0) is 24.4. The number of carboxylic acid groups (broad SMARTS) is 1. The van der Waals surface area contributed by atoms with Gasteiger partial charge < -0.3 is 24.8 Å². The molecule has 2 aliphatic heterocycles. The van der Waals surface area contributed by atoms with Crippen LogP contribution in [-0.2, 0) is 19.1 Å². The fraction of sp³-hybridized carbons (Fsp3) is 0.444. The summed E-state index contributed by atoms with van der Waals surface area (Å²) in [5, 5.41) is 12.3. The fourth-order valence-corrected chi connectivity index (χ4v) is 5.69. The third kappa shape index (κ3) is 4.38. The lowest BCUT2D eigenvalue weighted by Gasteiger charge is -2.39. The van der Waals surface area contributed by atoms with Gasteiger partial charge in [0, 0.05) is 32.2 Å². The van der Waals surface area contributed by atoms with Crippen LogP contribution in [-0.4, -0.2) is 66.9 Å². The molecule has 8 heteroatoms. The van der Waals surface area contributed by atoms with Gasteiger partial charge in [0.15, 0.2) is 0 Å². The molecule has 0 bridgehead atoms. The normalized spacial score (nSPS) is 20.7. The number of carboxylic acids is 1. The number of hydrogen-bond donors (Lipinski definition) is 2. The molecular formula is C27H30N2O6. The van der Waals surface area contributed by atoms with Gasteiger partial charge in [0.2, 0.25) is 5.91 Å². The maximum atomic E-state index is 13.5. The van der Waals surface area contributed by atoms with E-state index in [1.165, 1.54) is 4.90 Å². The van der Waals surface area contributed by atoms with Crippen molar-refractivity contribution in [1.29, 1.82) is 0 Å². The highest BCUT2D eigenvalue weighted by atomic mass is 16.5. The molecule has 2 amide bonds. The van der Waals surface area contributed by atoms with Crippen LogP contribution < -0.4 is 5.32 Å². The van der Waals surface area contributed by atoms with Gasteiger partial charge in [-0.2, -0.15) is 0 Å². The van der Waals surface area contributed by atoms with E-state index in [4.69, 9.17) is 9.47 Å². The van der Waals surface area contributed by atoms with Crippen LogP contribution in [0.2, 0.25) is 0 Å². The van der Waals surface area contributed by atoms with Crippen LogP contribution >= 0.6 is 0 Å². The summed E-state index contributed by atoms with van der Waals surface area (Å²) in [5.41, 5.74) is 3.68. The van der Waals surface area contributed by atoms with Crippen molar-refractivity contribution in [1.82, 2.24) is 10.2 Å². The number of rotatable bonds is 6. The Kier molecular flexibility index (Phi) is 6.47. The van der Waals surface area contributed by atoms with Crippen molar-refractivity contribution < 1.29 is 29.0 Å². The van der Waals surface area contributed by atoms with Crippen molar-refractivity contribution in [2.24, 2.45) is 5.41 Å². The first kappa shape index (κ1) is 23.4. The summed E-state index contributed by atoms with van der Waals surface area (Å²) in [6.07, 6.45) is 1.39. The molecule has 2 saturated heterocycles.